The molecule has 0 amide bonds. The Morgan fingerprint density at radius 3 is 2.56 bits per heavy atom. The molecule has 1 atom stereocenters. The Morgan fingerprint density at radius 2 is 1.89 bits per heavy atom. The molecule has 1 unspecified atom stereocenters. The van der Waals surface area contributed by atoms with Crippen LogP contribution in [0.2, 0.25) is 0 Å². The van der Waals surface area contributed by atoms with E-state index in [0.29, 0.717) is 4.47 Å². The summed E-state index contributed by atoms with van der Waals surface area (Å²) in [7, 11) is 1.60. The Balaban J connectivity index is 2.34. The van der Waals surface area contributed by atoms with Gasteiger partial charge in [-0.05, 0) is 51.3 Å². The summed E-state index contributed by atoms with van der Waals surface area (Å²) in [5, 5.41) is 0. The molecule has 18 heavy (non-hydrogen) atoms. The third-order valence-electron chi connectivity index (χ3n) is 2.76. The normalized spacial score (nSPS) is 12.2. The highest BCUT2D eigenvalue weighted by molar-refractivity contribution is 9.10. The maximum absolute atomic E-state index is 13.5. The van der Waals surface area contributed by atoms with E-state index in [2.05, 4.69) is 15.9 Å². The molecule has 0 radical (unpaired) electrons. The summed E-state index contributed by atoms with van der Waals surface area (Å²) in [5.74, 6) is 0.423. The highest BCUT2D eigenvalue weighted by atomic mass is 79.9. The molecule has 0 saturated heterocycles. The lowest BCUT2D eigenvalue weighted by molar-refractivity contribution is 0.414. The molecule has 2 N–H and O–H groups in total. The fraction of sp³-hybridized carbons (Fsp3) is 0.143. The molecule has 4 heteroatoms. The van der Waals surface area contributed by atoms with Crippen LogP contribution in [0.5, 0.6) is 5.75 Å². The van der Waals surface area contributed by atoms with Gasteiger partial charge < -0.3 is 10.5 Å². The van der Waals surface area contributed by atoms with Crippen LogP contribution in [0, 0.1) is 5.82 Å². The van der Waals surface area contributed by atoms with Crippen LogP contribution in [0.25, 0.3) is 0 Å². The van der Waals surface area contributed by atoms with Crippen LogP contribution < -0.4 is 10.5 Å². The lowest BCUT2D eigenvalue weighted by Crippen LogP contribution is -2.12. The number of nitrogens with two attached hydrogens (primary N) is 1. The maximum Gasteiger partial charge on any atom is 0.137 e. The van der Waals surface area contributed by atoms with Gasteiger partial charge in [0.15, 0.2) is 0 Å². The SMILES string of the molecule is COc1cccc(C(N)c2ccc(Br)c(F)c2)c1. The van der Waals surface area contributed by atoms with Gasteiger partial charge in [0.05, 0.1) is 17.6 Å². The van der Waals surface area contributed by atoms with E-state index in [-0.39, 0.29) is 11.9 Å². The molecule has 0 heterocycles. The Morgan fingerprint density at radius 1 is 1.17 bits per heavy atom. The molecule has 2 aromatic rings. The van der Waals surface area contributed by atoms with Gasteiger partial charge in [-0.1, -0.05) is 18.2 Å². The molecule has 0 fully saturated rings. The maximum atomic E-state index is 13.5. The summed E-state index contributed by atoms with van der Waals surface area (Å²) >= 11 is 3.12. The second-order valence-corrected chi connectivity index (χ2v) is 4.78. The fourth-order valence-electron chi connectivity index (χ4n) is 1.73. The van der Waals surface area contributed by atoms with E-state index in [0.717, 1.165) is 16.9 Å². The lowest BCUT2D eigenvalue weighted by Gasteiger charge is -2.14. The molecular weight excluding hydrogens is 297 g/mol. The average molecular weight is 310 g/mol. The molecule has 0 aliphatic carbocycles. The van der Waals surface area contributed by atoms with E-state index in [4.69, 9.17) is 10.5 Å². The standard InChI is InChI=1S/C14H13BrFNO/c1-18-11-4-2-3-9(7-11)14(17)10-5-6-12(15)13(16)8-10/h2-8,14H,17H2,1H3. The van der Waals surface area contributed by atoms with Crippen molar-refractivity contribution in [2.45, 2.75) is 6.04 Å². The van der Waals surface area contributed by atoms with Crippen LogP contribution in [0.15, 0.2) is 46.9 Å². The second-order valence-electron chi connectivity index (χ2n) is 3.93. The summed E-state index contributed by atoms with van der Waals surface area (Å²) in [6.07, 6.45) is 0. The van der Waals surface area contributed by atoms with Gasteiger partial charge in [-0.25, -0.2) is 4.39 Å². The number of hydrogen-bond acceptors (Lipinski definition) is 2. The lowest BCUT2D eigenvalue weighted by atomic mass is 9.99. The van der Waals surface area contributed by atoms with Crippen molar-refractivity contribution >= 4 is 15.9 Å². The van der Waals surface area contributed by atoms with Crippen LogP contribution in [0.1, 0.15) is 17.2 Å². The van der Waals surface area contributed by atoms with Gasteiger partial charge in [0.2, 0.25) is 0 Å². The number of rotatable bonds is 3. The first-order valence-electron chi connectivity index (χ1n) is 5.46. The van der Waals surface area contributed by atoms with Crippen molar-refractivity contribution in [1.82, 2.24) is 0 Å². The highest BCUT2D eigenvalue weighted by Gasteiger charge is 2.11. The highest BCUT2D eigenvalue weighted by Crippen LogP contribution is 2.25. The van der Waals surface area contributed by atoms with Gasteiger partial charge in [0.1, 0.15) is 11.6 Å². The first-order valence-corrected chi connectivity index (χ1v) is 6.25. The summed E-state index contributed by atoms with van der Waals surface area (Å²) in [6, 6.07) is 12.0. The van der Waals surface area contributed by atoms with Gasteiger partial charge in [-0.2, -0.15) is 0 Å². The molecule has 0 aliphatic rings. The minimum absolute atomic E-state index is 0.314. The summed E-state index contributed by atoms with van der Waals surface area (Å²) in [4.78, 5) is 0. The predicted molar refractivity (Wildman–Crippen MR) is 73.1 cm³/mol. The molecule has 2 rings (SSSR count). The Kier molecular flexibility index (Phi) is 3.99. The Hall–Kier alpha value is -1.39. The Labute approximate surface area is 114 Å². The summed E-state index contributed by atoms with van der Waals surface area (Å²) in [6.45, 7) is 0. The molecule has 0 spiro atoms. The molecule has 0 aromatic heterocycles. The molecular formula is C14H13BrFNO. The van der Waals surface area contributed by atoms with Crippen molar-refractivity contribution < 1.29 is 9.13 Å². The van der Waals surface area contributed by atoms with Crippen molar-refractivity contribution in [1.29, 1.82) is 0 Å². The van der Waals surface area contributed by atoms with Gasteiger partial charge in [-0.3, -0.25) is 0 Å². The third-order valence-corrected chi connectivity index (χ3v) is 3.40. The smallest absolute Gasteiger partial charge is 0.137 e. The van der Waals surface area contributed by atoms with E-state index in [1.54, 1.807) is 19.2 Å². The molecule has 2 aromatic carbocycles. The van der Waals surface area contributed by atoms with Gasteiger partial charge >= 0.3 is 0 Å². The molecule has 94 valence electrons. The average Bonchev–Trinajstić information content (AvgIpc) is 2.41. The van der Waals surface area contributed by atoms with Gasteiger partial charge in [0, 0.05) is 0 Å². The fourth-order valence-corrected chi connectivity index (χ4v) is 1.98. The second kappa shape index (κ2) is 5.50. The zero-order valence-corrected chi connectivity index (χ0v) is 11.4. The van der Waals surface area contributed by atoms with Crippen molar-refractivity contribution in [3.8, 4) is 5.75 Å². The van der Waals surface area contributed by atoms with Crippen LogP contribution in [-0.2, 0) is 0 Å². The van der Waals surface area contributed by atoms with Crippen LogP contribution in [0.3, 0.4) is 0 Å². The summed E-state index contributed by atoms with van der Waals surface area (Å²) in [5.41, 5.74) is 7.73. The number of halogens is 2. The number of methoxy groups -OCH3 is 1. The van der Waals surface area contributed by atoms with Crippen molar-refractivity contribution in [3.63, 3.8) is 0 Å². The predicted octanol–water partition coefficient (Wildman–Crippen LogP) is 3.64. The van der Waals surface area contributed by atoms with E-state index >= 15 is 0 Å². The molecule has 0 bridgehead atoms. The van der Waals surface area contributed by atoms with Crippen LogP contribution in [0.4, 0.5) is 4.39 Å². The van der Waals surface area contributed by atoms with Crippen molar-refractivity contribution in [2.24, 2.45) is 5.73 Å². The van der Waals surface area contributed by atoms with Gasteiger partial charge in [-0.15, -0.1) is 0 Å². The zero-order chi connectivity index (χ0) is 13.1. The monoisotopic (exact) mass is 309 g/mol. The number of ether oxygens (including phenoxy) is 1. The third kappa shape index (κ3) is 2.71. The first-order chi connectivity index (χ1) is 8.61. The van der Waals surface area contributed by atoms with Crippen molar-refractivity contribution in [2.75, 3.05) is 7.11 Å². The minimum atomic E-state index is -0.373. The molecule has 0 saturated carbocycles. The van der Waals surface area contributed by atoms with E-state index < -0.39 is 0 Å². The number of benzene rings is 2. The van der Waals surface area contributed by atoms with E-state index in [1.807, 2.05) is 24.3 Å². The topological polar surface area (TPSA) is 35.2 Å². The zero-order valence-electron chi connectivity index (χ0n) is 9.86. The van der Waals surface area contributed by atoms with Crippen LogP contribution >= 0.6 is 15.9 Å². The quantitative estimate of drug-likeness (QED) is 0.939. The molecule has 2 nitrogen and oxygen atoms in total. The largest absolute Gasteiger partial charge is 0.497 e. The Bertz CT molecular complexity index is 559. The van der Waals surface area contributed by atoms with Gasteiger partial charge in [0.25, 0.3) is 0 Å². The van der Waals surface area contributed by atoms with Crippen LogP contribution in [-0.4, -0.2) is 7.11 Å². The first kappa shape index (κ1) is 13.1. The number of hydrogen-bond donors (Lipinski definition) is 1. The van der Waals surface area contributed by atoms with E-state index in [9.17, 15) is 4.39 Å². The summed E-state index contributed by atoms with van der Waals surface area (Å²) < 4.78 is 19.1. The van der Waals surface area contributed by atoms with E-state index in [1.165, 1.54) is 6.07 Å². The van der Waals surface area contributed by atoms with Crippen molar-refractivity contribution in [3.05, 3.63) is 63.9 Å². The molecule has 0 aliphatic heterocycles. The minimum Gasteiger partial charge on any atom is -0.497 e.